The monoisotopic (exact) mass is 300 g/mol. The number of carbonyl (C=O) groups excluding carboxylic acids is 1. The van der Waals surface area contributed by atoms with E-state index in [-0.39, 0.29) is 11.5 Å². The zero-order valence-corrected chi connectivity index (χ0v) is 11.1. The number of anilines is 1. The summed E-state index contributed by atoms with van der Waals surface area (Å²) in [5, 5.41) is 9.67. The fourth-order valence-electron chi connectivity index (χ4n) is 2.36. The van der Waals surface area contributed by atoms with Gasteiger partial charge in [0, 0.05) is 6.54 Å². The SMILES string of the molecule is N=C(N)C1CCCN1C(=O)Nc1ccccc1C(F)(F)F. The van der Waals surface area contributed by atoms with E-state index in [1.807, 2.05) is 0 Å². The zero-order valence-electron chi connectivity index (χ0n) is 11.1. The maximum Gasteiger partial charge on any atom is 0.418 e. The Bertz CT molecular complexity index is 559. The van der Waals surface area contributed by atoms with Gasteiger partial charge in [0.1, 0.15) is 5.84 Å². The lowest BCUT2D eigenvalue weighted by Crippen LogP contribution is -2.45. The maximum absolute atomic E-state index is 12.9. The van der Waals surface area contributed by atoms with Crippen molar-refractivity contribution in [3.63, 3.8) is 0 Å². The predicted octanol–water partition coefficient (Wildman–Crippen LogP) is 2.64. The van der Waals surface area contributed by atoms with E-state index in [1.165, 1.54) is 23.1 Å². The highest BCUT2D eigenvalue weighted by molar-refractivity contribution is 5.95. The number of nitrogens with two attached hydrogens (primary N) is 1. The third-order valence-electron chi connectivity index (χ3n) is 3.35. The molecule has 114 valence electrons. The minimum atomic E-state index is -4.55. The second-order valence-electron chi connectivity index (χ2n) is 4.78. The molecule has 5 nitrogen and oxygen atoms in total. The molecule has 0 saturated carbocycles. The number of halogens is 3. The van der Waals surface area contributed by atoms with Gasteiger partial charge in [-0.1, -0.05) is 12.1 Å². The van der Waals surface area contributed by atoms with Crippen molar-refractivity contribution < 1.29 is 18.0 Å². The van der Waals surface area contributed by atoms with Crippen LogP contribution >= 0.6 is 0 Å². The Balaban J connectivity index is 2.19. The first-order chi connectivity index (χ1) is 9.80. The van der Waals surface area contributed by atoms with Gasteiger partial charge in [-0.05, 0) is 25.0 Å². The summed E-state index contributed by atoms with van der Waals surface area (Å²) in [6.45, 7) is 0.365. The smallest absolute Gasteiger partial charge is 0.386 e. The summed E-state index contributed by atoms with van der Waals surface area (Å²) in [6.07, 6.45) is -3.34. The number of likely N-dealkylation sites (tertiary alicyclic amines) is 1. The van der Waals surface area contributed by atoms with Crippen molar-refractivity contribution in [2.75, 3.05) is 11.9 Å². The normalized spacial score (nSPS) is 18.6. The van der Waals surface area contributed by atoms with Crippen LogP contribution in [0.5, 0.6) is 0 Å². The standard InChI is InChI=1S/C13H15F3N4O/c14-13(15,16)8-4-1-2-5-9(8)19-12(21)20-7-3-6-10(20)11(17)18/h1-2,4-5,10H,3,6-7H2,(H3,17,18)(H,19,21). The van der Waals surface area contributed by atoms with E-state index in [0.717, 1.165) is 6.07 Å². The highest BCUT2D eigenvalue weighted by Crippen LogP contribution is 2.34. The fraction of sp³-hybridized carbons (Fsp3) is 0.385. The molecule has 1 fully saturated rings. The third-order valence-corrected chi connectivity index (χ3v) is 3.35. The summed E-state index contributed by atoms with van der Waals surface area (Å²) in [6, 6.07) is 3.54. The topological polar surface area (TPSA) is 82.2 Å². The molecule has 0 aliphatic carbocycles. The molecule has 1 aliphatic rings. The maximum atomic E-state index is 12.9. The van der Waals surface area contributed by atoms with Gasteiger partial charge < -0.3 is 16.0 Å². The van der Waals surface area contributed by atoms with Crippen LogP contribution in [0.15, 0.2) is 24.3 Å². The van der Waals surface area contributed by atoms with Crippen molar-refractivity contribution in [3.05, 3.63) is 29.8 Å². The predicted molar refractivity (Wildman–Crippen MR) is 72.1 cm³/mol. The second kappa shape index (κ2) is 5.63. The van der Waals surface area contributed by atoms with Gasteiger partial charge in [-0.15, -0.1) is 0 Å². The van der Waals surface area contributed by atoms with Crippen LogP contribution in [0, 0.1) is 5.41 Å². The molecular formula is C13H15F3N4O. The van der Waals surface area contributed by atoms with Crippen molar-refractivity contribution in [2.45, 2.75) is 25.1 Å². The number of nitrogens with one attached hydrogen (secondary N) is 2. The molecule has 1 atom stereocenters. The van der Waals surface area contributed by atoms with Crippen LogP contribution in [0.2, 0.25) is 0 Å². The summed E-state index contributed by atoms with van der Waals surface area (Å²) >= 11 is 0. The lowest BCUT2D eigenvalue weighted by atomic mass is 10.1. The van der Waals surface area contributed by atoms with Crippen LogP contribution in [0.3, 0.4) is 0 Å². The first-order valence-corrected chi connectivity index (χ1v) is 6.38. The van der Waals surface area contributed by atoms with Crippen LogP contribution in [0.1, 0.15) is 18.4 Å². The summed E-state index contributed by atoms with van der Waals surface area (Å²) in [5.74, 6) is -0.160. The molecule has 2 amide bonds. The number of nitrogens with zero attached hydrogens (tertiary/aromatic N) is 1. The lowest BCUT2D eigenvalue weighted by molar-refractivity contribution is -0.136. The third kappa shape index (κ3) is 3.26. The van der Waals surface area contributed by atoms with Gasteiger partial charge in [0.25, 0.3) is 0 Å². The van der Waals surface area contributed by atoms with Crippen LogP contribution in [0.25, 0.3) is 0 Å². The van der Waals surface area contributed by atoms with Gasteiger partial charge in [0.2, 0.25) is 0 Å². The number of amides is 2. The average Bonchev–Trinajstić information content (AvgIpc) is 2.87. The van der Waals surface area contributed by atoms with Crippen LogP contribution in [0.4, 0.5) is 23.7 Å². The van der Waals surface area contributed by atoms with Crippen LogP contribution < -0.4 is 11.1 Å². The molecule has 0 spiro atoms. The molecule has 1 unspecified atom stereocenters. The Morgan fingerprint density at radius 2 is 2.05 bits per heavy atom. The van der Waals surface area contributed by atoms with Gasteiger partial charge in [0.05, 0.1) is 17.3 Å². The number of amidine groups is 1. The van der Waals surface area contributed by atoms with Crippen LogP contribution in [-0.2, 0) is 6.18 Å². The van der Waals surface area contributed by atoms with Gasteiger partial charge in [-0.25, -0.2) is 4.79 Å². The Morgan fingerprint density at radius 1 is 1.38 bits per heavy atom. The number of hydrogen-bond acceptors (Lipinski definition) is 2. The number of para-hydroxylation sites is 1. The summed E-state index contributed by atoms with van der Waals surface area (Å²) in [7, 11) is 0. The van der Waals surface area contributed by atoms with E-state index in [9.17, 15) is 18.0 Å². The Hall–Kier alpha value is -2.25. The number of urea groups is 1. The van der Waals surface area contributed by atoms with E-state index in [2.05, 4.69) is 5.32 Å². The van der Waals surface area contributed by atoms with E-state index < -0.39 is 23.8 Å². The second-order valence-corrected chi connectivity index (χ2v) is 4.78. The molecule has 4 N–H and O–H groups in total. The first-order valence-electron chi connectivity index (χ1n) is 6.38. The summed E-state index contributed by atoms with van der Waals surface area (Å²) in [4.78, 5) is 13.4. The molecule has 2 rings (SSSR count). The van der Waals surface area contributed by atoms with Crippen molar-refractivity contribution in [3.8, 4) is 0 Å². The van der Waals surface area contributed by atoms with Crippen LogP contribution in [-0.4, -0.2) is 29.4 Å². The van der Waals surface area contributed by atoms with Gasteiger partial charge in [0.15, 0.2) is 0 Å². The van der Waals surface area contributed by atoms with E-state index in [4.69, 9.17) is 11.1 Å². The Kier molecular flexibility index (Phi) is 4.06. The molecule has 0 bridgehead atoms. The lowest BCUT2D eigenvalue weighted by Gasteiger charge is -2.24. The first kappa shape index (κ1) is 15.1. The van der Waals surface area contributed by atoms with Crippen molar-refractivity contribution in [2.24, 2.45) is 5.73 Å². The molecule has 0 aromatic heterocycles. The summed E-state index contributed by atoms with van der Waals surface area (Å²) in [5.41, 5.74) is 4.19. The molecule has 8 heteroatoms. The van der Waals surface area contributed by atoms with Crippen molar-refractivity contribution >= 4 is 17.6 Å². The minimum absolute atomic E-state index is 0.160. The molecule has 1 heterocycles. The molecule has 0 radical (unpaired) electrons. The zero-order chi connectivity index (χ0) is 15.6. The highest BCUT2D eigenvalue weighted by atomic mass is 19.4. The number of hydrogen-bond donors (Lipinski definition) is 3. The Labute approximate surface area is 119 Å². The molecule has 1 aromatic rings. The molecule has 1 saturated heterocycles. The Morgan fingerprint density at radius 3 is 2.67 bits per heavy atom. The quantitative estimate of drug-likeness (QED) is 0.579. The van der Waals surface area contributed by atoms with Crippen molar-refractivity contribution in [1.29, 1.82) is 5.41 Å². The van der Waals surface area contributed by atoms with E-state index in [1.54, 1.807) is 0 Å². The van der Waals surface area contributed by atoms with Gasteiger partial charge in [-0.2, -0.15) is 13.2 Å². The minimum Gasteiger partial charge on any atom is -0.386 e. The molecule has 21 heavy (non-hydrogen) atoms. The number of alkyl halides is 3. The largest absolute Gasteiger partial charge is 0.418 e. The van der Waals surface area contributed by atoms with Crippen molar-refractivity contribution in [1.82, 2.24) is 4.90 Å². The highest BCUT2D eigenvalue weighted by Gasteiger charge is 2.35. The van der Waals surface area contributed by atoms with E-state index >= 15 is 0 Å². The average molecular weight is 300 g/mol. The number of rotatable bonds is 2. The van der Waals surface area contributed by atoms with E-state index in [0.29, 0.717) is 19.4 Å². The summed E-state index contributed by atoms with van der Waals surface area (Å²) < 4.78 is 38.6. The molecule has 1 aliphatic heterocycles. The van der Waals surface area contributed by atoms with Gasteiger partial charge >= 0.3 is 12.2 Å². The molecular weight excluding hydrogens is 285 g/mol. The molecule has 1 aromatic carbocycles. The number of benzene rings is 1. The van der Waals surface area contributed by atoms with Gasteiger partial charge in [-0.3, -0.25) is 5.41 Å². The fourth-order valence-corrected chi connectivity index (χ4v) is 2.36. The number of carbonyl (C=O) groups is 1.